The van der Waals surface area contributed by atoms with Crippen molar-refractivity contribution in [2.75, 3.05) is 23.3 Å². The first-order valence-electron chi connectivity index (χ1n) is 15.3. The van der Waals surface area contributed by atoms with Crippen LogP contribution in [-0.4, -0.2) is 44.6 Å². The van der Waals surface area contributed by atoms with E-state index in [4.69, 9.17) is 33.9 Å². The van der Waals surface area contributed by atoms with E-state index in [0.717, 1.165) is 70.7 Å². The van der Waals surface area contributed by atoms with Crippen molar-refractivity contribution in [2.24, 2.45) is 5.73 Å². The molecule has 4 N–H and O–H groups in total. The Morgan fingerprint density at radius 3 is 2.38 bits per heavy atom. The summed E-state index contributed by atoms with van der Waals surface area (Å²) in [5.41, 5.74) is 12.2. The van der Waals surface area contributed by atoms with Gasteiger partial charge in [-0.05, 0) is 61.7 Å². The molecule has 0 saturated carbocycles. The summed E-state index contributed by atoms with van der Waals surface area (Å²) in [6.45, 7) is 3.67. The summed E-state index contributed by atoms with van der Waals surface area (Å²) in [6, 6.07) is 27.2. The maximum absolute atomic E-state index is 14.4. The van der Waals surface area contributed by atoms with E-state index < -0.39 is 0 Å². The maximum Gasteiger partial charge on any atom is 0.272 e. The fourth-order valence-electron chi connectivity index (χ4n) is 6.24. The maximum atomic E-state index is 14.4. The Bertz CT molecular complexity index is 2020. The van der Waals surface area contributed by atoms with Gasteiger partial charge in [-0.1, -0.05) is 71.7 Å². The van der Waals surface area contributed by atoms with Crippen LogP contribution in [-0.2, 0) is 0 Å². The lowest BCUT2D eigenvalue weighted by molar-refractivity contribution is 0.102. The van der Waals surface area contributed by atoms with Gasteiger partial charge in [-0.3, -0.25) is 4.79 Å². The van der Waals surface area contributed by atoms with Crippen LogP contribution in [0.3, 0.4) is 0 Å². The SMILES string of the molecule is C[C@@H](c1ccc(Cl)cc1)n1cnc(-c2ccccc2)c1-c1c(C(=O)Nc2cccnc2N2CCC(N)CC2)[nH]c2cc(Cl)ccc12.Cl.Cl. The summed E-state index contributed by atoms with van der Waals surface area (Å²) in [7, 11) is 0. The molecule has 6 aromatic rings. The molecule has 1 amide bonds. The van der Waals surface area contributed by atoms with Crippen LogP contribution in [0, 0.1) is 0 Å². The number of H-pyrrole nitrogens is 1. The fourth-order valence-corrected chi connectivity index (χ4v) is 6.54. The normalized spacial score (nSPS) is 13.9. The number of benzene rings is 3. The lowest BCUT2D eigenvalue weighted by Gasteiger charge is -2.32. The lowest BCUT2D eigenvalue weighted by atomic mass is 9.99. The van der Waals surface area contributed by atoms with Crippen LogP contribution in [0.15, 0.2) is 97.5 Å². The second-order valence-electron chi connectivity index (χ2n) is 11.7. The van der Waals surface area contributed by atoms with E-state index in [1.165, 1.54) is 0 Å². The third kappa shape index (κ3) is 6.90. The number of fused-ring (bicyclic) bond motifs is 1. The van der Waals surface area contributed by atoms with Gasteiger partial charge in [-0.25, -0.2) is 9.97 Å². The summed E-state index contributed by atoms with van der Waals surface area (Å²) >= 11 is 12.7. The second-order valence-corrected chi connectivity index (χ2v) is 12.5. The van der Waals surface area contributed by atoms with Gasteiger partial charge >= 0.3 is 0 Å². The van der Waals surface area contributed by atoms with Gasteiger partial charge in [0, 0.05) is 57.4 Å². The topological polar surface area (TPSA) is 105 Å². The number of carbonyl (C=O) groups excluding carboxylic acids is 1. The van der Waals surface area contributed by atoms with Crippen molar-refractivity contribution in [1.82, 2.24) is 19.5 Å². The average molecular weight is 724 g/mol. The Hall–Kier alpha value is -4.05. The number of halogens is 4. The van der Waals surface area contributed by atoms with E-state index >= 15 is 0 Å². The van der Waals surface area contributed by atoms with E-state index in [1.807, 2.05) is 91.3 Å². The molecule has 0 aliphatic carbocycles. The number of amides is 1. The summed E-state index contributed by atoms with van der Waals surface area (Å²) < 4.78 is 2.12. The Balaban J connectivity index is 0.00000225. The van der Waals surface area contributed by atoms with Gasteiger partial charge in [0.25, 0.3) is 5.91 Å². The fraction of sp³-hybridized carbons (Fsp3) is 0.194. The van der Waals surface area contributed by atoms with Crippen LogP contribution >= 0.6 is 48.0 Å². The Morgan fingerprint density at radius 2 is 1.65 bits per heavy atom. The molecule has 0 unspecified atom stereocenters. The van der Waals surface area contributed by atoms with Crippen LogP contribution in [0.5, 0.6) is 0 Å². The molecule has 248 valence electrons. The molecule has 1 saturated heterocycles. The number of nitrogens with two attached hydrogens (primary N) is 1. The van der Waals surface area contributed by atoms with Crippen molar-refractivity contribution in [1.29, 1.82) is 0 Å². The number of nitrogens with one attached hydrogen (secondary N) is 2. The summed E-state index contributed by atoms with van der Waals surface area (Å²) in [6.07, 6.45) is 5.33. The van der Waals surface area contributed by atoms with Crippen LogP contribution in [0.25, 0.3) is 33.4 Å². The van der Waals surface area contributed by atoms with Crippen molar-refractivity contribution in [2.45, 2.75) is 31.8 Å². The zero-order valence-corrected chi connectivity index (χ0v) is 29.2. The predicted molar refractivity (Wildman–Crippen MR) is 201 cm³/mol. The van der Waals surface area contributed by atoms with Gasteiger partial charge in [-0.2, -0.15) is 0 Å². The van der Waals surface area contributed by atoms with Gasteiger partial charge in [0.2, 0.25) is 0 Å². The molecule has 7 rings (SSSR count). The first-order valence-corrected chi connectivity index (χ1v) is 16.1. The van der Waals surface area contributed by atoms with Crippen molar-refractivity contribution < 1.29 is 4.79 Å². The highest BCUT2D eigenvalue weighted by Crippen LogP contribution is 2.41. The highest BCUT2D eigenvalue weighted by atomic mass is 35.5. The quantitative estimate of drug-likeness (QED) is 0.153. The van der Waals surface area contributed by atoms with Crippen molar-refractivity contribution in [3.8, 4) is 22.5 Å². The van der Waals surface area contributed by atoms with Gasteiger partial charge in [-0.15, -0.1) is 24.8 Å². The number of pyridine rings is 1. The van der Waals surface area contributed by atoms with Crippen molar-refractivity contribution in [3.05, 3.63) is 119 Å². The minimum atomic E-state index is -0.295. The van der Waals surface area contributed by atoms with Crippen LogP contribution in [0.4, 0.5) is 11.5 Å². The largest absolute Gasteiger partial charge is 0.355 e. The van der Waals surface area contributed by atoms with Gasteiger partial charge in [0.1, 0.15) is 5.69 Å². The number of rotatable bonds is 7. The molecular weight excluding hydrogens is 688 g/mol. The molecular formula is C36H35Cl4N7O. The number of imidazole rings is 1. The number of anilines is 2. The minimum absolute atomic E-state index is 0. The highest BCUT2D eigenvalue weighted by Gasteiger charge is 2.29. The molecule has 8 nitrogen and oxygen atoms in total. The molecule has 48 heavy (non-hydrogen) atoms. The molecule has 3 aromatic heterocycles. The first-order chi connectivity index (χ1) is 22.4. The molecule has 3 aromatic carbocycles. The zero-order chi connectivity index (χ0) is 31.8. The third-order valence-corrected chi connectivity index (χ3v) is 9.20. The molecule has 1 fully saturated rings. The number of nitrogens with zero attached hydrogens (tertiary/aromatic N) is 4. The summed E-state index contributed by atoms with van der Waals surface area (Å²) in [4.78, 5) is 29.6. The first kappa shape index (κ1) is 35.3. The molecule has 4 heterocycles. The van der Waals surface area contributed by atoms with Crippen LogP contribution in [0.1, 0.15) is 41.9 Å². The number of piperidine rings is 1. The molecule has 0 bridgehead atoms. The van der Waals surface area contributed by atoms with Gasteiger partial charge in [0.15, 0.2) is 5.82 Å². The summed E-state index contributed by atoms with van der Waals surface area (Å²) in [5, 5.41) is 5.27. The average Bonchev–Trinajstić information content (AvgIpc) is 3.67. The number of carbonyl (C=O) groups is 1. The number of aromatic amines is 1. The Labute approximate surface area is 301 Å². The summed E-state index contributed by atoms with van der Waals surface area (Å²) in [5.74, 6) is 0.436. The molecule has 1 aliphatic heterocycles. The minimum Gasteiger partial charge on any atom is -0.355 e. The van der Waals surface area contributed by atoms with Crippen LogP contribution < -0.4 is 16.0 Å². The monoisotopic (exact) mass is 721 g/mol. The van der Waals surface area contributed by atoms with E-state index in [0.29, 0.717) is 21.4 Å². The number of aromatic nitrogens is 4. The van der Waals surface area contributed by atoms with Gasteiger partial charge in [0.05, 0.1) is 29.4 Å². The highest BCUT2D eigenvalue weighted by molar-refractivity contribution is 6.31. The Kier molecular flexibility index (Phi) is 11.0. The lowest BCUT2D eigenvalue weighted by Crippen LogP contribution is -2.40. The van der Waals surface area contributed by atoms with Crippen molar-refractivity contribution in [3.63, 3.8) is 0 Å². The predicted octanol–water partition coefficient (Wildman–Crippen LogP) is 9.03. The van der Waals surface area contributed by atoms with E-state index in [1.54, 1.807) is 6.20 Å². The molecule has 1 atom stereocenters. The second kappa shape index (κ2) is 15.0. The standard InChI is InChI=1S/C36H33Cl2N7O.2ClH/c1-22(23-9-11-25(37)12-10-23)45-21-41-32(24-6-3-2-4-7-24)34(45)31-28-14-13-26(38)20-30(28)42-33(31)36(46)43-29-8-5-17-40-35(29)44-18-15-27(39)16-19-44;;/h2-14,17,20-22,27,42H,15-16,18-19,39H2,1H3,(H,43,46);2*1H/t22-;;/m0../s1. The third-order valence-electron chi connectivity index (χ3n) is 8.71. The zero-order valence-electron chi connectivity index (χ0n) is 26.1. The molecule has 0 spiro atoms. The molecule has 1 aliphatic rings. The van der Waals surface area contributed by atoms with Crippen molar-refractivity contribution >= 4 is 76.3 Å². The molecule has 0 radical (unpaired) electrons. The van der Waals surface area contributed by atoms with E-state index in [9.17, 15) is 4.79 Å². The number of hydrogen-bond acceptors (Lipinski definition) is 5. The van der Waals surface area contributed by atoms with Crippen LogP contribution in [0.2, 0.25) is 10.0 Å². The molecule has 12 heteroatoms. The van der Waals surface area contributed by atoms with E-state index in [-0.39, 0.29) is 42.8 Å². The van der Waals surface area contributed by atoms with Gasteiger partial charge < -0.3 is 25.5 Å². The smallest absolute Gasteiger partial charge is 0.272 e. The Morgan fingerprint density at radius 1 is 0.938 bits per heavy atom. The van der Waals surface area contributed by atoms with E-state index in [2.05, 4.69) is 31.7 Å². The number of hydrogen-bond donors (Lipinski definition) is 3.